The second-order valence-electron chi connectivity index (χ2n) is 7.00. The zero-order valence-electron chi connectivity index (χ0n) is 16.9. The van der Waals surface area contributed by atoms with Crippen molar-refractivity contribution in [2.75, 3.05) is 13.7 Å². The highest BCUT2D eigenvalue weighted by molar-refractivity contribution is 7.13. The van der Waals surface area contributed by atoms with Gasteiger partial charge in [0.25, 0.3) is 5.91 Å². The molecule has 0 aliphatic rings. The molecule has 1 heterocycles. The minimum Gasteiger partial charge on any atom is -0.493 e. The summed E-state index contributed by atoms with van der Waals surface area (Å²) in [5, 5.41) is 5.57. The molecule has 0 saturated heterocycles. The van der Waals surface area contributed by atoms with Gasteiger partial charge < -0.3 is 14.8 Å². The number of hydrogen-bond donors (Lipinski definition) is 1. The fraction of sp³-hybridized carbons (Fsp3) is 0.273. The molecule has 3 aromatic rings. The fourth-order valence-electron chi connectivity index (χ4n) is 2.64. The molecule has 1 N–H and O–H groups in total. The lowest BCUT2D eigenvalue weighted by Crippen LogP contribution is -2.27. The Balaban J connectivity index is 1.75. The Hall–Kier alpha value is -2.64. The van der Waals surface area contributed by atoms with Gasteiger partial charge in [-0.25, -0.2) is 9.37 Å². The van der Waals surface area contributed by atoms with Crippen LogP contribution in [0.5, 0.6) is 11.5 Å². The summed E-state index contributed by atoms with van der Waals surface area (Å²) in [5.41, 5.74) is 1.45. The van der Waals surface area contributed by atoms with Crippen molar-refractivity contribution in [1.82, 2.24) is 10.3 Å². The molecule has 0 atom stereocenters. The first kappa shape index (κ1) is 22.1. The van der Waals surface area contributed by atoms with Crippen LogP contribution in [0.25, 0.3) is 10.6 Å². The SMILES string of the molecule is COc1cc(-c2nc(C(=O)NCC(C)C)cs2)ccc1OCc1c(F)cccc1Cl. The molecule has 0 unspecified atom stereocenters. The minimum absolute atomic E-state index is 0.0291. The van der Waals surface area contributed by atoms with Crippen molar-refractivity contribution in [3.63, 3.8) is 0 Å². The van der Waals surface area contributed by atoms with Crippen LogP contribution in [0.4, 0.5) is 4.39 Å². The molecule has 0 saturated carbocycles. The molecule has 158 valence electrons. The maximum absolute atomic E-state index is 14.0. The topological polar surface area (TPSA) is 60.5 Å². The number of thiazole rings is 1. The number of nitrogens with zero attached hydrogens (tertiary/aromatic N) is 1. The van der Waals surface area contributed by atoms with Crippen molar-refractivity contribution in [3.8, 4) is 22.1 Å². The third-order valence-corrected chi connectivity index (χ3v) is 5.50. The van der Waals surface area contributed by atoms with Crippen LogP contribution in [0.2, 0.25) is 5.02 Å². The van der Waals surface area contributed by atoms with Gasteiger partial charge in [0.15, 0.2) is 11.5 Å². The van der Waals surface area contributed by atoms with Crippen LogP contribution in [0, 0.1) is 11.7 Å². The minimum atomic E-state index is -0.427. The number of methoxy groups -OCH3 is 1. The molecule has 8 heteroatoms. The number of halogens is 2. The summed E-state index contributed by atoms with van der Waals surface area (Å²) in [4.78, 5) is 16.6. The van der Waals surface area contributed by atoms with E-state index in [-0.39, 0.29) is 18.1 Å². The summed E-state index contributed by atoms with van der Waals surface area (Å²) in [6, 6.07) is 9.80. The predicted octanol–water partition coefficient (Wildman–Crippen LogP) is 5.58. The molecule has 0 spiro atoms. The van der Waals surface area contributed by atoms with E-state index in [9.17, 15) is 9.18 Å². The average Bonchev–Trinajstić information content (AvgIpc) is 3.22. The van der Waals surface area contributed by atoms with Gasteiger partial charge >= 0.3 is 0 Å². The number of amides is 1. The fourth-order valence-corrected chi connectivity index (χ4v) is 3.65. The average molecular weight is 449 g/mol. The quantitative estimate of drug-likeness (QED) is 0.489. The number of benzene rings is 2. The van der Waals surface area contributed by atoms with E-state index in [0.717, 1.165) is 5.56 Å². The van der Waals surface area contributed by atoms with E-state index < -0.39 is 5.82 Å². The zero-order chi connectivity index (χ0) is 21.7. The Morgan fingerprint density at radius 1 is 1.27 bits per heavy atom. The Kier molecular flexibility index (Phi) is 7.29. The molecule has 5 nitrogen and oxygen atoms in total. The van der Waals surface area contributed by atoms with Crippen molar-refractivity contribution >= 4 is 28.8 Å². The van der Waals surface area contributed by atoms with Crippen molar-refractivity contribution in [1.29, 1.82) is 0 Å². The Labute approximate surface area is 183 Å². The van der Waals surface area contributed by atoms with Gasteiger partial charge in [-0.2, -0.15) is 0 Å². The van der Waals surface area contributed by atoms with Crippen LogP contribution in [-0.2, 0) is 6.61 Å². The Morgan fingerprint density at radius 3 is 2.77 bits per heavy atom. The second-order valence-corrected chi connectivity index (χ2v) is 8.26. The van der Waals surface area contributed by atoms with E-state index in [1.54, 1.807) is 29.6 Å². The zero-order valence-corrected chi connectivity index (χ0v) is 18.4. The van der Waals surface area contributed by atoms with Gasteiger partial charge in [0, 0.05) is 23.1 Å². The van der Waals surface area contributed by atoms with Crippen LogP contribution in [0.1, 0.15) is 29.9 Å². The molecule has 2 aromatic carbocycles. The summed E-state index contributed by atoms with van der Waals surface area (Å²) >= 11 is 7.42. The molecule has 0 fully saturated rings. The van der Waals surface area contributed by atoms with Gasteiger partial charge in [-0.3, -0.25) is 4.79 Å². The highest BCUT2D eigenvalue weighted by Crippen LogP contribution is 2.34. The summed E-state index contributed by atoms with van der Waals surface area (Å²) in [6.07, 6.45) is 0. The van der Waals surface area contributed by atoms with Gasteiger partial charge in [0.05, 0.1) is 12.1 Å². The molecule has 0 bridgehead atoms. The van der Waals surface area contributed by atoms with E-state index in [4.69, 9.17) is 21.1 Å². The normalized spacial score (nSPS) is 10.9. The number of rotatable bonds is 8. The number of hydrogen-bond acceptors (Lipinski definition) is 5. The first-order chi connectivity index (χ1) is 14.4. The molecular weight excluding hydrogens is 427 g/mol. The maximum atomic E-state index is 14.0. The molecule has 0 aliphatic carbocycles. The third kappa shape index (κ3) is 5.29. The standard InChI is InChI=1S/C22H22ClFN2O3S/c1-13(2)10-25-21(27)18-12-30-22(26-18)14-7-8-19(20(9-14)28-3)29-11-15-16(23)5-4-6-17(15)24/h4-9,12-13H,10-11H2,1-3H3,(H,25,27). The molecule has 30 heavy (non-hydrogen) atoms. The van der Waals surface area contributed by atoms with E-state index in [1.807, 2.05) is 19.9 Å². The summed E-state index contributed by atoms with van der Waals surface area (Å²) in [6.45, 7) is 4.63. The Bertz CT molecular complexity index is 1020. The first-order valence-corrected chi connectivity index (χ1v) is 10.6. The lowest BCUT2D eigenvalue weighted by molar-refractivity contribution is 0.0945. The Morgan fingerprint density at radius 2 is 2.07 bits per heavy atom. The number of aromatic nitrogens is 1. The second kappa shape index (κ2) is 9.91. The molecule has 0 aliphatic heterocycles. The van der Waals surface area contributed by atoms with E-state index in [1.165, 1.54) is 24.5 Å². The van der Waals surface area contributed by atoms with E-state index in [0.29, 0.717) is 39.7 Å². The van der Waals surface area contributed by atoms with Crippen LogP contribution in [-0.4, -0.2) is 24.5 Å². The first-order valence-electron chi connectivity index (χ1n) is 9.37. The molecular formula is C22H22ClFN2O3S. The van der Waals surface area contributed by atoms with Crippen molar-refractivity contribution < 1.29 is 18.7 Å². The largest absolute Gasteiger partial charge is 0.493 e. The van der Waals surface area contributed by atoms with Crippen molar-refractivity contribution in [3.05, 3.63) is 63.9 Å². The maximum Gasteiger partial charge on any atom is 0.270 e. The van der Waals surface area contributed by atoms with Gasteiger partial charge in [-0.05, 0) is 36.2 Å². The van der Waals surface area contributed by atoms with Gasteiger partial charge in [0.2, 0.25) is 0 Å². The lowest BCUT2D eigenvalue weighted by atomic mass is 10.2. The number of carbonyl (C=O) groups is 1. The molecule has 1 aromatic heterocycles. The van der Waals surface area contributed by atoms with Crippen LogP contribution >= 0.6 is 22.9 Å². The number of carbonyl (C=O) groups excluding carboxylic acids is 1. The monoisotopic (exact) mass is 448 g/mol. The van der Waals surface area contributed by atoms with Gasteiger partial charge in [-0.1, -0.05) is 31.5 Å². The van der Waals surface area contributed by atoms with Crippen LogP contribution in [0.3, 0.4) is 0 Å². The number of nitrogens with one attached hydrogen (secondary N) is 1. The molecule has 0 radical (unpaired) electrons. The third-order valence-electron chi connectivity index (χ3n) is 4.25. The van der Waals surface area contributed by atoms with Crippen molar-refractivity contribution in [2.45, 2.75) is 20.5 Å². The predicted molar refractivity (Wildman–Crippen MR) is 117 cm³/mol. The highest BCUT2D eigenvalue weighted by atomic mass is 35.5. The highest BCUT2D eigenvalue weighted by Gasteiger charge is 2.15. The smallest absolute Gasteiger partial charge is 0.270 e. The van der Waals surface area contributed by atoms with Crippen LogP contribution in [0.15, 0.2) is 41.8 Å². The van der Waals surface area contributed by atoms with Gasteiger partial charge in [-0.15, -0.1) is 11.3 Å². The van der Waals surface area contributed by atoms with E-state index in [2.05, 4.69) is 10.3 Å². The van der Waals surface area contributed by atoms with Gasteiger partial charge in [0.1, 0.15) is 23.1 Å². The van der Waals surface area contributed by atoms with Crippen LogP contribution < -0.4 is 14.8 Å². The number of ether oxygens (including phenoxy) is 2. The summed E-state index contributed by atoms with van der Waals surface area (Å²) < 4.78 is 25.1. The van der Waals surface area contributed by atoms with E-state index >= 15 is 0 Å². The summed E-state index contributed by atoms with van der Waals surface area (Å²) in [7, 11) is 1.52. The molecule has 3 rings (SSSR count). The summed E-state index contributed by atoms with van der Waals surface area (Å²) in [5.74, 6) is 0.667. The lowest BCUT2D eigenvalue weighted by Gasteiger charge is -2.13. The van der Waals surface area contributed by atoms with Crippen molar-refractivity contribution in [2.24, 2.45) is 5.92 Å². The molecule has 1 amide bonds.